The third-order valence-corrected chi connectivity index (χ3v) is 1.40. The molecule has 0 bridgehead atoms. The van der Waals surface area contributed by atoms with Crippen LogP contribution < -0.4 is 5.32 Å². The second kappa shape index (κ2) is 3.72. The highest BCUT2D eigenvalue weighted by atomic mass is 16.2. The Morgan fingerprint density at radius 2 is 2.46 bits per heavy atom. The number of hydrogen-bond donors (Lipinski definition) is 2. The van der Waals surface area contributed by atoms with Crippen LogP contribution in [-0.4, -0.2) is 27.1 Å². The van der Waals surface area contributed by atoms with Crippen LogP contribution >= 0.6 is 0 Å². The molecule has 0 saturated heterocycles. The van der Waals surface area contributed by atoms with Gasteiger partial charge >= 0.3 is 0 Å². The first kappa shape index (κ1) is 9.26. The zero-order valence-electron chi connectivity index (χ0n) is 7.46. The van der Waals surface area contributed by atoms with Crippen LogP contribution in [0.4, 0.5) is 0 Å². The molecule has 2 N–H and O–H groups in total. The fourth-order valence-electron chi connectivity index (χ4n) is 0.747. The minimum absolute atomic E-state index is 0.111. The Bertz CT molecular complexity index is 349. The molecular weight excluding hydrogens is 168 g/mol. The van der Waals surface area contributed by atoms with Crippen LogP contribution in [0.1, 0.15) is 23.4 Å². The van der Waals surface area contributed by atoms with E-state index in [1.54, 1.807) is 13.8 Å². The van der Waals surface area contributed by atoms with Gasteiger partial charge in [0.25, 0.3) is 5.91 Å². The number of aromatic nitrogens is 3. The lowest BCUT2D eigenvalue weighted by Gasteiger charge is -2.03. The zero-order valence-corrected chi connectivity index (χ0v) is 7.46. The van der Waals surface area contributed by atoms with E-state index < -0.39 is 0 Å². The van der Waals surface area contributed by atoms with E-state index in [2.05, 4.69) is 26.4 Å². The molecule has 1 heterocycles. The van der Waals surface area contributed by atoms with E-state index in [0.717, 1.165) is 0 Å². The molecule has 1 rings (SSSR count). The standard InChI is InChI=1S/C8H10N4O/c1-4-5(2)9-8(13)7-10-6(3)11-12-7/h1,5H,2-3H3,(H,9,13)(H,10,11,12). The molecule has 0 aromatic carbocycles. The number of hydrogen-bond acceptors (Lipinski definition) is 3. The summed E-state index contributed by atoms with van der Waals surface area (Å²) in [5.41, 5.74) is 0. The highest BCUT2D eigenvalue weighted by Crippen LogP contribution is 1.91. The first-order chi connectivity index (χ1) is 6.13. The van der Waals surface area contributed by atoms with Gasteiger partial charge in [-0.2, -0.15) is 0 Å². The summed E-state index contributed by atoms with van der Waals surface area (Å²) in [6.07, 6.45) is 5.09. The maximum absolute atomic E-state index is 11.3. The first-order valence-corrected chi connectivity index (χ1v) is 3.79. The Balaban J connectivity index is 2.65. The number of carbonyl (C=O) groups excluding carboxylic acids is 1. The van der Waals surface area contributed by atoms with Gasteiger partial charge in [0.05, 0.1) is 6.04 Å². The number of rotatable bonds is 2. The fourth-order valence-corrected chi connectivity index (χ4v) is 0.747. The van der Waals surface area contributed by atoms with Crippen molar-refractivity contribution in [2.75, 3.05) is 0 Å². The fraction of sp³-hybridized carbons (Fsp3) is 0.375. The van der Waals surface area contributed by atoms with Gasteiger partial charge < -0.3 is 5.32 Å². The third kappa shape index (κ3) is 2.30. The Morgan fingerprint density at radius 1 is 1.77 bits per heavy atom. The normalized spacial score (nSPS) is 11.8. The third-order valence-electron chi connectivity index (χ3n) is 1.40. The van der Waals surface area contributed by atoms with Crippen molar-refractivity contribution in [3.05, 3.63) is 11.6 Å². The molecule has 1 aromatic heterocycles. The number of nitrogens with one attached hydrogen (secondary N) is 2. The molecule has 0 spiro atoms. The molecule has 0 aliphatic rings. The maximum atomic E-state index is 11.3. The van der Waals surface area contributed by atoms with Gasteiger partial charge in [0.1, 0.15) is 5.82 Å². The molecule has 0 fully saturated rings. The maximum Gasteiger partial charge on any atom is 0.291 e. The summed E-state index contributed by atoms with van der Waals surface area (Å²) in [4.78, 5) is 15.1. The van der Waals surface area contributed by atoms with Crippen molar-refractivity contribution in [2.45, 2.75) is 19.9 Å². The van der Waals surface area contributed by atoms with Gasteiger partial charge in [-0.1, -0.05) is 5.92 Å². The Hall–Kier alpha value is -1.83. The summed E-state index contributed by atoms with van der Waals surface area (Å²) in [6.45, 7) is 3.42. The lowest BCUT2D eigenvalue weighted by Crippen LogP contribution is -2.32. The van der Waals surface area contributed by atoms with Crippen molar-refractivity contribution < 1.29 is 4.79 Å². The quantitative estimate of drug-likeness (QED) is 0.619. The SMILES string of the molecule is C#CC(C)NC(=O)c1n[nH]c(C)n1. The molecular formula is C8H10N4O. The second-order valence-corrected chi connectivity index (χ2v) is 2.61. The van der Waals surface area contributed by atoms with Crippen molar-refractivity contribution in [1.82, 2.24) is 20.5 Å². The van der Waals surface area contributed by atoms with E-state index >= 15 is 0 Å². The predicted octanol–water partition coefficient (Wildman–Crippen LogP) is -0.135. The van der Waals surface area contributed by atoms with E-state index in [0.29, 0.717) is 5.82 Å². The number of H-pyrrole nitrogens is 1. The first-order valence-electron chi connectivity index (χ1n) is 3.79. The summed E-state index contributed by atoms with van der Waals surface area (Å²) in [5, 5.41) is 8.79. The highest BCUT2D eigenvalue weighted by molar-refractivity contribution is 5.90. The molecule has 1 amide bonds. The molecule has 13 heavy (non-hydrogen) atoms. The lowest BCUT2D eigenvalue weighted by molar-refractivity contribution is 0.0938. The topological polar surface area (TPSA) is 70.7 Å². The smallest absolute Gasteiger partial charge is 0.291 e. The van der Waals surface area contributed by atoms with Gasteiger partial charge in [-0.25, -0.2) is 4.98 Å². The van der Waals surface area contributed by atoms with Crippen LogP contribution in [0.25, 0.3) is 0 Å². The summed E-state index contributed by atoms with van der Waals surface area (Å²) in [6, 6.07) is -0.314. The van der Waals surface area contributed by atoms with E-state index in [9.17, 15) is 4.79 Å². The van der Waals surface area contributed by atoms with Gasteiger partial charge in [0.15, 0.2) is 0 Å². The van der Waals surface area contributed by atoms with Gasteiger partial charge in [0.2, 0.25) is 5.82 Å². The van der Waals surface area contributed by atoms with Crippen LogP contribution in [0, 0.1) is 19.3 Å². The van der Waals surface area contributed by atoms with Crippen LogP contribution in [0.2, 0.25) is 0 Å². The van der Waals surface area contributed by atoms with E-state index in [-0.39, 0.29) is 17.8 Å². The lowest BCUT2D eigenvalue weighted by atomic mass is 10.3. The van der Waals surface area contributed by atoms with Crippen molar-refractivity contribution in [2.24, 2.45) is 0 Å². The average Bonchev–Trinajstić information content (AvgIpc) is 2.51. The van der Waals surface area contributed by atoms with Gasteiger partial charge in [-0.05, 0) is 13.8 Å². The summed E-state index contributed by atoms with van der Waals surface area (Å²) in [5.74, 6) is 2.72. The minimum Gasteiger partial charge on any atom is -0.336 e. The highest BCUT2D eigenvalue weighted by Gasteiger charge is 2.11. The Kier molecular flexibility index (Phi) is 2.65. The monoisotopic (exact) mass is 178 g/mol. The minimum atomic E-state index is -0.366. The Labute approximate surface area is 75.9 Å². The second-order valence-electron chi connectivity index (χ2n) is 2.61. The van der Waals surface area contributed by atoms with Gasteiger partial charge in [-0.3, -0.25) is 9.89 Å². The van der Waals surface area contributed by atoms with Gasteiger partial charge in [0, 0.05) is 0 Å². The molecule has 1 atom stereocenters. The van der Waals surface area contributed by atoms with E-state index in [4.69, 9.17) is 6.42 Å². The van der Waals surface area contributed by atoms with Crippen molar-refractivity contribution in [3.63, 3.8) is 0 Å². The molecule has 1 unspecified atom stereocenters. The average molecular weight is 178 g/mol. The predicted molar refractivity (Wildman–Crippen MR) is 46.9 cm³/mol. The molecule has 1 aromatic rings. The summed E-state index contributed by atoms with van der Waals surface area (Å²) in [7, 11) is 0. The van der Waals surface area contributed by atoms with Crippen LogP contribution in [0.5, 0.6) is 0 Å². The number of amides is 1. The number of carbonyl (C=O) groups is 1. The molecule has 5 nitrogen and oxygen atoms in total. The molecule has 0 aliphatic carbocycles. The summed E-state index contributed by atoms with van der Waals surface area (Å²) >= 11 is 0. The summed E-state index contributed by atoms with van der Waals surface area (Å²) < 4.78 is 0. The van der Waals surface area contributed by atoms with Gasteiger partial charge in [-0.15, -0.1) is 11.5 Å². The molecule has 5 heteroatoms. The Morgan fingerprint density at radius 3 is 2.92 bits per heavy atom. The molecule has 0 saturated carbocycles. The van der Waals surface area contributed by atoms with Crippen molar-refractivity contribution >= 4 is 5.91 Å². The van der Waals surface area contributed by atoms with Crippen molar-refractivity contribution in [1.29, 1.82) is 0 Å². The van der Waals surface area contributed by atoms with Crippen LogP contribution in [0.15, 0.2) is 0 Å². The molecule has 68 valence electrons. The molecule has 0 radical (unpaired) electrons. The molecule has 0 aliphatic heterocycles. The zero-order chi connectivity index (χ0) is 9.84. The number of terminal acetylenes is 1. The van der Waals surface area contributed by atoms with Crippen LogP contribution in [-0.2, 0) is 0 Å². The van der Waals surface area contributed by atoms with Crippen LogP contribution in [0.3, 0.4) is 0 Å². The van der Waals surface area contributed by atoms with Crippen molar-refractivity contribution in [3.8, 4) is 12.3 Å². The van der Waals surface area contributed by atoms with E-state index in [1.165, 1.54) is 0 Å². The number of aromatic amines is 1. The van der Waals surface area contributed by atoms with E-state index in [1.807, 2.05) is 0 Å². The largest absolute Gasteiger partial charge is 0.336 e. The number of aryl methyl sites for hydroxylation is 1. The number of nitrogens with zero attached hydrogens (tertiary/aromatic N) is 2.